The molecule has 3 N–H and O–H groups in total. The first-order valence-corrected chi connectivity index (χ1v) is 9.55. The molecule has 6 nitrogen and oxygen atoms in total. The normalized spacial score (nSPS) is 19.9. The van der Waals surface area contributed by atoms with Crippen LogP contribution >= 0.6 is 15.9 Å². The van der Waals surface area contributed by atoms with Gasteiger partial charge in [-0.05, 0) is 42.4 Å². The highest BCUT2D eigenvalue weighted by Gasteiger charge is 2.30. The van der Waals surface area contributed by atoms with Crippen LogP contribution in [0.5, 0.6) is 5.75 Å². The third-order valence-electron chi connectivity index (χ3n) is 4.76. The minimum atomic E-state index is -1.04. The van der Waals surface area contributed by atoms with Gasteiger partial charge in [-0.1, -0.05) is 36.7 Å². The second-order valence-corrected chi connectivity index (χ2v) is 8.62. The Balaban J connectivity index is 2.01. The number of carbonyl (C=O) groups excluding carboxylic acids is 1. The van der Waals surface area contributed by atoms with E-state index in [9.17, 15) is 9.59 Å². The summed E-state index contributed by atoms with van der Waals surface area (Å²) in [4.78, 5) is 23.1. The maximum Gasteiger partial charge on any atom is 0.404 e. The highest BCUT2D eigenvalue weighted by atomic mass is 79.9. The van der Waals surface area contributed by atoms with Crippen LogP contribution in [0.1, 0.15) is 51.2 Å². The molecule has 2 rings (SSSR count). The lowest BCUT2D eigenvalue weighted by Gasteiger charge is -2.23. The first-order chi connectivity index (χ1) is 12.1. The fourth-order valence-electron chi connectivity index (χ4n) is 3.34. The molecule has 1 aliphatic carbocycles. The molecule has 1 aromatic carbocycles. The van der Waals surface area contributed by atoms with Crippen molar-refractivity contribution in [2.45, 2.75) is 58.0 Å². The van der Waals surface area contributed by atoms with Gasteiger partial charge in [0.15, 0.2) is 0 Å². The number of hydrogen-bond acceptors (Lipinski definition) is 3. The maximum atomic E-state index is 12.4. The van der Waals surface area contributed by atoms with E-state index in [2.05, 4.69) is 47.3 Å². The molecule has 1 saturated carbocycles. The maximum absolute atomic E-state index is 12.4. The van der Waals surface area contributed by atoms with Gasteiger partial charge in [0, 0.05) is 28.5 Å². The van der Waals surface area contributed by atoms with Gasteiger partial charge in [0.25, 0.3) is 0 Å². The number of rotatable bonds is 5. The molecule has 0 unspecified atom stereocenters. The van der Waals surface area contributed by atoms with Gasteiger partial charge < -0.3 is 20.5 Å². The van der Waals surface area contributed by atoms with Crippen LogP contribution < -0.4 is 15.4 Å². The molecule has 0 aliphatic heterocycles. The summed E-state index contributed by atoms with van der Waals surface area (Å²) >= 11 is 3.59. The van der Waals surface area contributed by atoms with Gasteiger partial charge in [-0.15, -0.1) is 0 Å². The number of benzene rings is 1. The fourth-order valence-corrected chi connectivity index (χ4v) is 3.82. The Morgan fingerprint density at radius 3 is 2.58 bits per heavy atom. The van der Waals surface area contributed by atoms with Crippen molar-refractivity contribution in [1.82, 2.24) is 10.6 Å². The third-order valence-corrected chi connectivity index (χ3v) is 5.50. The number of halogens is 1. The van der Waals surface area contributed by atoms with Crippen molar-refractivity contribution in [2.24, 2.45) is 5.92 Å². The van der Waals surface area contributed by atoms with Crippen molar-refractivity contribution in [3.05, 3.63) is 27.7 Å². The second kappa shape index (κ2) is 8.29. The van der Waals surface area contributed by atoms with Gasteiger partial charge in [0.05, 0.1) is 7.11 Å². The molecular weight excluding hydrogens is 400 g/mol. The first-order valence-electron chi connectivity index (χ1n) is 8.76. The number of carboxylic acid groups (broad SMARTS) is 1. The zero-order valence-corrected chi connectivity index (χ0v) is 17.3. The molecule has 0 aromatic heterocycles. The van der Waals surface area contributed by atoms with Crippen LogP contribution in [-0.2, 0) is 16.8 Å². The van der Waals surface area contributed by atoms with Gasteiger partial charge in [-0.2, -0.15) is 0 Å². The zero-order chi connectivity index (χ0) is 19.5. The predicted molar refractivity (Wildman–Crippen MR) is 104 cm³/mol. The zero-order valence-electron chi connectivity index (χ0n) is 15.7. The Morgan fingerprint density at radius 2 is 2.00 bits per heavy atom. The van der Waals surface area contributed by atoms with E-state index in [4.69, 9.17) is 9.84 Å². The number of ether oxygens (including phenoxy) is 1. The Morgan fingerprint density at radius 1 is 1.31 bits per heavy atom. The van der Waals surface area contributed by atoms with Gasteiger partial charge in [0.1, 0.15) is 5.75 Å². The van der Waals surface area contributed by atoms with E-state index < -0.39 is 6.09 Å². The molecule has 26 heavy (non-hydrogen) atoms. The van der Waals surface area contributed by atoms with E-state index >= 15 is 0 Å². The van der Waals surface area contributed by atoms with Crippen molar-refractivity contribution in [3.8, 4) is 5.75 Å². The fraction of sp³-hybridized carbons (Fsp3) is 0.579. The lowest BCUT2D eigenvalue weighted by molar-refractivity contribution is -0.125. The van der Waals surface area contributed by atoms with E-state index in [0.29, 0.717) is 25.8 Å². The highest BCUT2D eigenvalue weighted by molar-refractivity contribution is 9.10. The summed E-state index contributed by atoms with van der Waals surface area (Å²) in [5.74, 6) is 0.614. The molecule has 0 spiro atoms. The molecule has 2 amide bonds. The molecule has 2 atom stereocenters. The SMILES string of the molecule is COc1cc(CNC(=O)[C@H]2CC[C@H](NC(=O)O)C2)c(Br)cc1C(C)(C)C. The van der Waals surface area contributed by atoms with E-state index in [0.717, 1.165) is 21.3 Å². The number of carbonyl (C=O) groups is 2. The van der Waals surface area contributed by atoms with Crippen LogP contribution in [0.4, 0.5) is 4.79 Å². The third kappa shape index (κ3) is 5.13. The minimum absolute atomic E-state index is 0.0366. The summed E-state index contributed by atoms with van der Waals surface area (Å²) in [6, 6.07) is 3.86. The molecule has 1 fully saturated rings. The topological polar surface area (TPSA) is 87.7 Å². The van der Waals surface area contributed by atoms with Crippen molar-refractivity contribution >= 4 is 27.9 Å². The summed E-state index contributed by atoms with van der Waals surface area (Å²) in [5.41, 5.74) is 1.99. The molecule has 0 heterocycles. The van der Waals surface area contributed by atoms with Gasteiger partial charge in [0.2, 0.25) is 5.91 Å². The summed E-state index contributed by atoms with van der Waals surface area (Å²) in [5, 5.41) is 14.2. The summed E-state index contributed by atoms with van der Waals surface area (Å²) in [6.45, 7) is 6.77. The van der Waals surface area contributed by atoms with Crippen molar-refractivity contribution in [3.63, 3.8) is 0 Å². The Bertz CT molecular complexity index is 685. The molecule has 0 saturated heterocycles. The molecule has 144 valence electrons. The van der Waals surface area contributed by atoms with Crippen molar-refractivity contribution in [1.29, 1.82) is 0 Å². The number of amides is 2. The Hall–Kier alpha value is -1.76. The second-order valence-electron chi connectivity index (χ2n) is 7.77. The van der Waals surface area contributed by atoms with Crippen LogP contribution in [-0.4, -0.2) is 30.3 Å². The monoisotopic (exact) mass is 426 g/mol. The van der Waals surface area contributed by atoms with Crippen LogP contribution in [0.25, 0.3) is 0 Å². The molecule has 1 aromatic rings. The number of hydrogen-bond donors (Lipinski definition) is 3. The smallest absolute Gasteiger partial charge is 0.404 e. The van der Waals surface area contributed by atoms with Crippen LogP contribution in [0, 0.1) is 5.92 Å². The van der Waals surface area contributed by atoms with E-state index in [1.165, 1.54) is 0 Å². The van der Waals surface area contributed by atoms with Crippen molar-refractivity contribution < 1.29 is 19.4 Å². The standard InChI is InChI=1S/C19H27BrN2O4/c1-19(2,3)14-9-15(20)12(8-16(14)26-4)10-21-17(23)11-5-6-13(7-11)22-18(24)25/h8-9,11,13,22H,5-7,10H2,1-4H3,(H,21,23)(H,24,25)/t11-,13-/m0/s1. The molecule has 0 radical (unpaired) electrons. The van der Waals surface area contributed by atoms with Crippen molar-refractivity contribution in [2.75, 3.05) is 7.11 Å². The molecule has 1 aliphatic rings. The first kappa shape index (κ1) is 20.6. The quantitative estimate of drug-likeness (QED) is 0.667. The molecular formula is C19H27BrN2O4. The molecule has 0 bridgehead atoms. The summed E-state index contributed by atoms with van der Waals surface area (Å²) in [7, 11) is 1.65. The number of methoxy groups -OCH3 is 1. The van der Waals surface area contributed by atoms with E-state index in [1.807, 2.05) is 12.1 Å². The summed E-state index contributed by atoms with van der Waals surface area (Å²) in [6.07, 6.45) is 0.906. The Labute approximate surface area is 162 Å². The van der Waals surface area contributed by atoms with Gasteiger partial charge in [-0.3, -0.25) is 4.79 Å². The average Bonchev–Trinajstić information content (AvgIpc) is 3.00. The van der Waals surface area contributed by atoms with Gasteiger partial charge >= 0.3 is 6.09 Å². The minimum Gasteiger partial charge on any atom is -0.496 e. The molecule has 7 heteroatoms. The van der Waals surface area contributed by atoms with Crippen LogP contribution in [0.3, 0.4) is 0 Å². The van der Waals surface area contributed by atoms with Crippen LogP contribution in [0.15, 0.2) is 16.6 Å². The number of nitrogens with one attached hydrogen (secondary N) is 2. The average molecular weight is 427 g/mol. The Kier molecular flexibility index (Phi) is 6.55. The highest BCUT2D eigenvalue weighted by Crippen LogP contribution is 2.35. The van der Waals surface area contributed by atoms with Gasteiger partial charge in [-0.25, -0.2) is 4.79 Å². The predicted octanol–water partition coefficient (Wildman–Crippen LogP) is 3.81. The van der Waals surface area contributed by atoms with Crippen LogP contribution in [0.2, 0.25) is 0 Å². The van der Waals surface area contributed by atoms with E-state index in [1.54, 1.807) is 7.11 Å². The summed E-state index contributed by atoms with van der Waals surface area (Å²) < 4.78 is 6.46. The lowest BCUT2D eigenvalue weighted by Crippen LogP contribution is -2.33. The van der Waals surface area contributed by atoms with E-state index in [-0.39, 0.29) is 23.3 Å². The lowest BCUT2D eigenvalue weighted by atomic mass is 9.86. The largest absolute Gasteiger partial charge is 0.496 e.